The Labute approximate surface area is 186 Å². The number of fused-ring (bicyclic) bond motifs is 1. The molecule has 0 aromatic heterocycles. The lowest BCUT2D eigenvalue weighted by atomic mass is 9.97. The van der Waals surface area contributed by atoms with Gasteiger partial charge in [-0.15, -0.1) is 0 Å². The number of aliphatic imine (C=N–C) groups is 1. The molecule has 2 aromatic rings. The monoisotopic (exact) mass is 425 g/mol. The van der Waals surface area contributed by atoms with E-state index in [0.717, 1.165) is 5.57 Å². The summed E-state index contributed by atoms with van der Waals surface area (Å²) in [7, 11) is 0. The molecular weight excluding hydrogens is 402 g/mol. The van der Waals surface area contributed by atoms with Gasteiger partial charge in [-0.05, 0) is 35.9 Å². The standard InChI is InChI=1S/C25H23N5O2/c26-21-13-7-12-20(24(31)30-19-10-5-2-6-11-19)23(21)28-16-29-25(32)22-14-17-8-3-1-4-9-18(17)15-27-22/h1-15,18,28H,16,26H2,(H,29,32)(H,30,31). The van der Waals surface area contributed by atoms with E-state index in [1.807, 2.05) is 48.6 Å². The van der Waals surface area contributed by atoms with Gasteiger partial charge in [0.05, 0.1) is 23.6 Å². The second kappa shape index (κ2) is 9.61. The quantitative estimate of drug-likeness (QED) is 0.418. The normalized spacial score (nSPS) is 16.3. The van der Waals surface area contributed by atoms with E-state index in [9.17, 15) is 9.59 Å². The molecule has 0 spiro atoms. The molecule has 1 unspecified atom stereocenters. The van der Waals surface area contributed by atoms with Crippen LogP contribution in [0.25, 0.3) is 0 Å². The van der Waals surface area contributed by atoms with E-state index < -0.39 is 0 Å². The molecule has 1 heterocycles. The van der Waals surface area contributed by atoms with E-state index in [-0.39, 0.29) is 24.4 Å². The van der Waals surface area contributed by atoms with Crippen LogP contribution in [0, 0.1) is 5.92 Å². The third-order valence-corrected chi connectivity index (χ3v) is 5.01. The van der Waals surface area contributed by atoms with Gasteiger partial charge in [0.1, 0.15) is 5.70 Å². The molecule has 7 heteroatoms. The van der Waals surface area contributed by atoms with Crippen molar-refractivity contribution < 1.29 is 9.59 Å². The minimum Gasteiger partial charge on any atom is -0.397 e. The van der Waals surface area contributed by atoms with E-state index in [1.54, 1.807) is 42.6 Å². The molecule has 0 fully saturated rings. The first-order valence-corrected chi connectivity index (χ1v) is 10.2. The van der Waals surface area contributed by atoms with Crippen molar-refractivity contribution in [2.75, 3.05) is 23.0 Å². The Bertz CT molecular complexity index is 1180. The Kier molecular flexibility index (Phi) is 6.27. The number of allylic oxidation sites excluding steroid dienone is 7. The number of carbonyl (C=O) groups is 2. The number of hydrogen-bond donors (Lipinski definition) is 4. The number of nitrogens with zero attached hydrogens (tertiary/aromatic N) is 1. The Morgan fingerprint density at radius 3 is 2.66 bits per heavy atom. The largest absolute Gasteiger partial charge is 0.397 e. The van der Waals surface area contributed by atoms with E-state index in [2.05, 4.69) is 20.9 Å². The summed E-state index contributed by atoms with van der Waals surface area (Å²) in [5, 5.41) is 8.66. The first-order valence-electron chi connectivity index (χ1n) is 10.2. The van der Waals surface area contributed by atoms with Crippen LogP contribution in [0.3, 0.4) is 0 Å². The fourth-order valence-corrected chi connectivity index (χ4v) is 3.38. The summed E-state index contributed by atoms with van der Waals surface area (Å²) in [4.78, 5) is 29.6. The summed E-state index contributed by atoms with van der Waals surface area (Å²) in [6.45, 7) is 0.0772. The van der Waals surface area contributed by atoms with Crippen molar-refractivity contribution in [3.8, 4) is 0 Å². The van der Waals surface area contributed by atoms with Gasteiger partial charge in [-0.3, -0.25) is 14.6 Å². The fourth-order valence-electron chi connectivity index (χ4n) is 3.38. The zero-order valence-electron chi connectivity index (χ0n) is 17.3. The maximum absolute atomic E-state index is 12.8. The number of nitrogens with one attached hydrogen (secondary N) is 3. The summed E-state index contributed by atoms with van der Waals surface area (Å²) in [5.74, 6) is -0.561. The molecule has 0 radical (unpaired) electrons. The highest BCUT2D eigenvalue weighted by atomic mass is 16.2. The molecule has 160 valence electrons. The van der Waals surface area contributed by atoms with E-state index in [1.165, 1.54) is 0 Å². The second-order valence-corrected chi connectivity index (χ2v) is 7.22. The maximum atomic E-state index is 12.8. The lowest BCUT2D eigenvalue weighted by Gasteiger charge is -2.17. The number of nitrogens with two attached hydrogens (primary N) is 1. The van der Waals surface area contributed by atoms with Gasteiger partial charge >= 0.3 is 0 Å². The van der Waals surface area contributed by atoms with Crippen molar-refractivity contribution in [2.45, 2.75) is 0 Å². The predicted molar refractivity (Wildman–Crippen MR) is 128 cm³/mol. The van der Waals surface area contributed by atoms with Crippen LogP contribution in [0.1, 0.15) is 10.4 Å². The van der Waals surface area contributed by atoms with Crippen LogP contribution >= 0.6 is 0 Å². The molecule has 0 saturated carbocycles. The average molecular weight is 425 g/mol. The zero-order valence-corrected chi connectivity index (χ0v) is 17.3. The summed E-state index contributed by atoms with van der Waals surface area (Å²) in [5.41, 5.74) is 9.31. The highest BCUT2D eigenvalue weighted by Gasteiger charge is 2.18. The van der Waals surface area contributed by atoms with Crippen molar-refractivity contribution in [3.63, 3.8) is 0 Å². The number of rotatable bonds is 6. The molecule has 1 atom stereocenters. The van der Waals surface area contributed by atoms with Crippen molar-refractivity contribution >= 4 is 35.1 Å². The molecule has 5 N–H and O–H groups in total. The number of benzene rings is 2. The lowest BCUT2D eigenvalue weighted by Crippen LogP contribution is -2.31. The second-order valence-electron chi connectivity index (χ2n) is 7.22. The van der Waals surface area contributed by atoms with Crippen LogP contribution in [-0.4, -0.2) is 24.7 Å². The highest BCUT2D eigenvalue weighted by Crippen LogP contribution is 2.25. The molecule has 1 aliphatic carbocycles. The number of hydrogen-bond acceptors (Lipinski definition) is 5. The van der Waals surface area contributed by atoms with Crippen molar-refractivity contribution in [1.82, 2.24) is 5.32 Å². The van der Waals surface area contributed by atoms with Gasteiger partial charge in [-0.25, -0.2) is 0 Å². The van der Waals surface area contributed by atoms with Crippen LogP contribution in [0.2, 0.25) is 0 Å². The summed E-state index contributed by atoms with van der Waals surface area (Å²) >= 11 is 0. The molecule has 7 nitrogen and oxygen atoms in total. The third kappa shape index (κ3) is 4.84. The molecule has 32 heavy (non-hydrogen) atoms. The van der Waals surface area contributed by atoms with Gasteiger partial charge in [-0.2, -0.15) is 0 Å². The number of nitrogen functional groups attached to an aromatic ring is 1. The smallest absolute Gasteiger partial charge is 0.271 e. The van der Waals surface area contributed by atoms with Crippen LogP contribution in [0.5, 0.6) is 0 Å². The number of carbonyl (C=O) groups excluding carboxylic acids is 2. The van der Waals surface area contributed by atoms with Gasteiger partial charge in [0.25, 0.3) is 11.8 Å². The molecule has 0 saturated heterocycles. The zero-order chi connectivity index (χ0) is 22.3. The maximum Gasteiger partial charge on any atom is 0.271 e. The number of amides is 2. The molecule has 4 rings (SSSR count). The molecular formula is C25H23N5O2. The Morgan fingerprint density at radius 1 is 0.969 bits per heavy atom. The Morgan fingerprint density at radius 2 is 1.81 bits per heavy atom. The fraction of sp³-hybridized carbons (Fsp3) is 0.0800. The third-order valence-electron chi connectivity index (χ3n) is 5.01. The van der Waals surface area contributed by atoms with Crippen LogP contribution < -0.4 is 21.7 Å². The highest BCUT2D eigenvalue weighted by molar-refractivity contribution is 6.09. The van der Waals surface area contributed by atoms with Gasteiger partial charge < -0.3 is 21.7 Å². The van der Waals surface area contributed by atoms with E-state index in [0.29, 0.717) is 28.3 Å². The number of para-hydroxylation sites is 2. The number of anilines is 3. The van der Waals surface area contributed by atoms with Crippen LogP contribution in [0.15, 0.2) is 101 Å². The van der Waals surface area contributed by atoms with Crippen LogP contribution in [0.4, 0.5) is 17.1 Å². The molecule has 2 aliphatic rings. The van der Waals surface area contributed by atoms with Crippen molar-refractivity contribution in [3.05, 3.63) is 102 Å². The van der Waals surface area contributed by atoms with Crippen molar-refractivity contribution in [1.29, 1.82) is 0 Å². The minimum atomic E-state index is -0.324. The Hall–Kier alpha value is -4.39. The SMILES string of the molecule is Nc1cccc(C(=O)Nc2ccccc2)c1NCNC(=O)C1=CC2=CC=CC=CC2C=N1. The minimum absolute atomic E-state index is 0.0643. The Balaban J connectivity index is 1.41. The molecule has 2 aromatic carbocycles. The molecule has 1 aliphatic heterocycles. The predicted octanol–water partition coefficient (Wildman–Crippen LogP) is 3.64. The van der Waals surface area contributed by atoms with Gasteiger partial charge in [-0.1, -0.05) is 54.6 Å². The average Bonchev–Trinajstić information content (AvgIpc) is 3.05. The van der Waals surface area contributed by atoms with Gasteiger partial charge in [0, 0.05) is 17.8 Å². The summed E-state index contributed by atoms with van der Waals surface area (Å²) < 4.78 is 0. The van der Waals surface area contributed by atoms with E-state index >= 15 is 0 Å². The van der Waals surface area contributed by atoms with Crippen LogP contribution in [-0.2, 0) is 4.79 Å². The topological polar surface area (TPSA) is 109 Å². The van der Waals surface area contributed by atoms with Gasteiger partial charge in [0.2, 0.25) is 0 Å². The van der Waals surface area contributed by atoms with Crippen molar-refractivity contribution in [2.24, 2.45) is 10.9 Å². The molecule has 0 bridgehead atoms. The lowest BCUT2D eigenvalue weighted by molar-refractivity contribution is -0.117. The summed E-state index contributed by atoms with van der Waals surface area (Å²) in [6, 6.07) is 14.2. The molecule has 2 amide bonds. The first-order chi connectivity index (χ1) is 15.6. The summed E-state index contributed by atoms with van der Waals surface area (Å²) in [6.07, 6.45) is 13.3. The van der Waals surface area contributed by atoms with E-state index in [4.69, 9.17) is 5.73 Å². The first kappa shape index (κ1) is 20.9. The van der Waals surface area contributed by atoms with Gasteiger partial charge in [0.15, 0.2) is 0 Å².